The van der Waals surface area contributed by atoms with Gasteiger partial charge in [-0.05, 0) is 0 Å². The molecule has 0 fully saturated rings. The Morgan fingerprint density at radius 3 is 1.00 bits per heavy atom. The Kier molecular flexibility index (Phi) is 8.49. The summed E-state index contributed by atoms with van der Waals surface area (Å²) in [5, 5.41) is 21.5. The molecule has 0 aliphatic heterocycles. The molecule has 3 N–H and O–H groups in total. The Morgan fingerprint density at radius 1 is 1.00 bits per heavy atom. The van der Waals surface area contributed by atoms with E-state index in [1.54, 1.807) is 0 Å². The minimum atomic E-state index is -2.17. The minimum absolute atomic E-state index is 0. The maximum atomic E-state index is 7.17. The Morgan fingerprint density at radius 2 is 1.00 bits per heavy atom. The Labute approximate surface area is 44.1 Å². The molecule has 5 heteroatoms. The molecule has 0 amide bonds. The van der Waals surface area contributed by atoms with Gasteiger partial charge in [0.2, 0.25) is 0 Å². The third-order valence-electron chi connectivity index (χ3n) is 0. The quantitative estimate of drug-likeness (QED) is 0.437. The van der Waals surface area contributed by atoms with E-state index in [4.69, 9.17) is 15.1 Å². The van der Waals surface area contributed by atoms with Gasteiger partial charge in [-0.2, -0.15) is 0 Å². The van der Waals surface area contributed by atoms with Crippen molar-refractivity contribution in [3.05, 3.63) is 0 Å². The van der Waals surface area contributed by atoms with Crippen LogP contribution in [0.3, 0.4) is 0 Å². The summed E-state index contributed by atoms with van der Waals surface area (Å²) in [5.41, 5.74) is 0. The van der Waals surface area contributed by atoms with E-state index < -0.39 is 7.32 Å². The maximum Gasteiger partial charge on any atom is 0.631 e. The molecule has 0 bridgehead atoms. The summed E-state index contributed by atoms with van der Waals surface area (Å²) >= 11 is 0. The van der Waals surface area contributed by atoms with E-state index in [0.717, 1.165) is 0 Å². The fraction of sp³-hybridized carbons (Fsp3) is 0. The van der Waals surface area contributed by atoms with Crippen LogP contribution < -0.4 is 0 Å². The zero-order valence-electron chi connectivity index (χ0n) is 2.24. The van der Waals surface area contributed by atoms with E-state index in [0.29, 0.717) is 0 Å². The molecule has 0 radical (unpaired) electrons. The standard InChI is InChI=1S/BH3O3.Pt/c2-1(3)4;/h2-4H;. The van der Waals surface area contributed by atoms with Gasteiger partial charge < -0.3 is 15.1 Å². The molecule has 0 aromatic rings. The second-order valence-corrected chi connectivity index (χ2v) is 0.346. The smallest absolute Gasteiger partial charge is 0.402 e. The summed E-state index contributed by atoms with van der Waals surface area (Å²) in [6.45, 7) is 0. The molecule has 0 aliphatic rings. The number of hydrogen-bond donors (Lipinski definition) is 3. The van der Waals surface area contributed by atoms with Crippen molar-refractivity contribution in [1.82, 2.24) is 0 Å². The monoisotopic (exact) mass is 257 g/mol. The summed E-state index contributed by atoms with van der Waals surface area (Å²) in [6.07, 6.45) is 0. The first-order valence-corrected chi connectivity index (χ1v) is 0.775. The Bertz CT molecular complexity index is 11.6. The molecule has 0 heterocycles. The van der Waals surface area contributed by atoms with Crippen LogP contribution in [0.4, 0.5) is 0 Å². The van der Waals surface area contributed by atoms with E-state index in [1.807, 2.05) is 0 Å². The van der Waals surface area contributed by atoms with E-state index in [-0.39, 0.29) is 21.1 Å². The number of rotatable bonds is 0. The molecule has 0 aliphatic carbocycles. The molecule has 0 saturated heterocycles. The van der Waals surface area contributed by atoms with Gasteiger partial charge in [0, 0.05) is 21.1 Å². The third-order valence-corrected chi connectivity index (χ3v) is 0. The first kappa shape index (κ1) is 9.16. The first-order chi connectivity index (χ1) is 1.73. The van der Waals surface area contributed by atoms with Crippen LogP contribution in [0.2, 0.25) is 0 Å². The Balaban J connectivity index is 0. The van der Waals surface area contributed by atoms with Crippen LogP contribution >= 0.6 is 0 Å². The van der Waals surface area contributed by atoms with Crippen molar-refractivity contribution in [2.24, 2.45) is 0 Å². The maximum absolute atomic E-state index is 7.17. The summed E-state index contributed by atoms with van der Waals surface area (Å²) in [5.74, 6) is 0. The topological polar surface area (TPSA) is 60.7 Å². The predicted molar refractivity (Wildman–Crippen MR) is 12.4 cm³/mol. The second-order valence-electron chi connectivity index (χ2n) is 0.346. The fourth-order valence-corrected chi connectivity index (χ4v) is 0. The minimum Gasteiger partial charge on any atom is -0.402 e. The van der Waals surface area contributed by atoms with Crippen LogP contribution in [-0.2, 0) is 21.1 Å². The number of hydrogen-bond acceptors (Lipinski definition) is 3. The van der Waals surface area contributed by atoms with E-state index in [2.05, 4.69) is 0 Å². The Hall–Kier alpha value is 0.633. The van der Waals surface area contributed by atoms with Crippen LogP contribution in [0.15, 0.2) is 0 Å². The molecular formula is H3BO3Pt. The SMILES string of the molecule is OB(O)O.[Pt]. The molecule has 34 valence electrons. The molecule has 3 nitrogen and oxygen atoms in total. The molecule has 5 heavy (non-hydrogen) atoms. The zero-order chi connectivity index (χ0) is 3.58. The molecule has 0 aromatic heterocycles. The predicted octanol–water partition coefficient (Wildman–Crippen LogP) is -2.05. The first-order valence-electron chi connectivity index (χ1n) is 0.775. The second kappa shape index (κ2) is 4.63. The average molecular weight is 257 g/mol. The van der Waals surface area contributed by atoms with E-state index in [1.165, 1.54) is 0 Å². The fourth-order valence-electron chi connectivity index (χ4n) is 0. The van der Waals surface area contributed by atoms with Crippen LogP contribution in [-0.4, -0.2) is 22.4 Å². The summed E-state index contributed by atoms with van der Waals surface area (Å²) in [6, 6.07) is 0. The van der Waals surface area contributed by atoms with Crippen LogP contribution in [0.25, 0.3) is 0 Å². The van der Waals surface area contributed by atoms with Gasteiger partial charge in [0.05, 0.1) is 0 Å². The van der Waals surface area contributed by atoms with Gasteiger partial charge in [-0.15, -0.1) is 0 Å². The van der Waals surface area contributed by atoms with Crippen LogP contribution in [0, 0.1) is 0 Å². The van der Waals surface area contributed by atoms with Crippen molar-refractivity contribution >= 4 is 7.32 Å². The summed E-state index contributed by atoms with van der Waals surface area (Å²) in [7, 11) is -2.17. The summed E-state index contributed by atoms with van der Waals surface area (Å²) < 4.78 is 0. The van der Waals surface area contributed by atoms with Crippen molar-refractivity contribution in [2.75, 3.05) is 0 Å². The van der Waals surface area contributed by atoms with Crippen molar-refractivity contribution in [3.8, 4) is 0 Å². The van der Waals surface area contributed by atoms with E-state index in [9.17, 15) is 0 Å². The van der Waals surface area contributed by atoms with Gasteiger partial charge in [0.1, 0.15) is 0 Å². The van der Waals surface area contributed by atoms with Crippen LogP contribution in [0.1, 0.15) is 0 Å². The largest absolute Gasteiger partial charge is 0.631 e. The average Bonchev–Trinajstić information content (AvgIpc) is 0.811. The van der Waals surface area contributed by atoms with Crippen molar-refractivity contribution in [2.45, 2.75) is 0 Å². The van der Waals surface area contributed by atoms with Crippen molar-refractivity contribution < 1.29 is 36.1 Å². The summed E-state index contributed by atoms with van der Waals surface area (Å²) in [4.78, 5) is 0. The molecule has 0 rings (SSSR count). The molecule has 0 aromatic carbocycles. The van der Waals surface area contributed by atoms with Gasteiger partial charge in [-0.3, -0.25) is 0 Å². The molecule has 0 unspecified atom stereocenters. The van der Waals surface area contributed by atoms with Gasteiger partial charge >= 0.3 is 7.32 Å². The van der Waals surface area contributed by atoms with Crippen LogP contribution in [0.5, 0.6) is 0 Å². The third kappa shape index (κ3) is 80.1. The van der Waals surface area contributed by atoms with Gasteiger partial charge in [0.25, 0.3) is 0 Å². The van der Waals surface area contributed by atoms with Crippen molar-refractivity contribution in [1.29, 1.82) is 0 Å². The molecule has 0 saturated carbocycles. The van der Waals surface area contributed by atoms with Gasteiger partial charge in [0.15, 0.2) is 0 Å². The van der Waals surface area contributed by atoms with Crippen molar-refractivity contribution in [3.63, 3.8) is 0 Å². The molecular weight excluding hydrogens is 254 g/mol. The van der Waals surface area contributed by atoms with E-state index >= 15 is 0 Å². The van der Waals surface area contributed by atoms with Gasteiger partial charge in [-0.1, -0.05) is 0 Å². The molecule has 0 spiro atoms. The van der Waals surface area contributed by atoms with Gasteiger partial charge in [-0.25, -0.2) is 0 Å². The molecule has 0 atom stereocenters. The normalized spacial score (nSPS) is 5.40. The zero-order valence-corrected chi connectivity index (χ0v) is 4.51.